The molecule has 1 aromatic rings. The molecule has 2 rings (SSSR count). The number of hydrogen-bond donors (Lipinski definition) is 1. The predicted molar refractivity (Wildman–Crippen MR) is 73.0 cm³/mol. The zero-order valence-electron chi connectivity index (χ0n) is 9.91. The van der Waals surface area contributed by atoms with Crippen LogP contribution in [0.3, 0.4) is 0 Å². The second kappa shape index (κ2) is 5.52. The first-order valence-electron chi connectivity index (χ1n) is 5.83. The molecular weight excluding hydrogens is 278 g/mol. The van der Waals surface area contributed by atoms with E-state index in [0.29, 0.717) is 11.6 Å². The summed E-state index contributed by atoms with van der Waals surface area (Å²) in [6, 6.07) is 8.41. The Labute approximate surface area is 111 Å². The molecule has 0 saturated carbocycles. The van der Waals surface area contributed by atoms with E-state index in [-0.39, 0.29) is 0 Å². The van der Waals surface area contributed by atoms with Gasteiger partial charge in [-0.1, -0.05) is 15.9 Å². The van der Waals surface area contributed by atoms with Crippen LogP contribution in [-0.4, -0.2) is 31.1 Å². The molecule has 1 atom stereocenters. The van der Waals surface area contributed by atoms with Crippen molar-refractivity contribution in [3.63, 3.8) is 0 Å². The molecule has 4 heteroatoms. The molecular formula is C13H16BrN3. The third kappa shape index (κ3) is 3.45. The molecule has 3 nitrogen and oxygen atoms in total. The van der Waals surface area contributed by atoms with E-state index in [9.17, 15) is 0 Å². The molecule has 0 amide bonds. The van der Waals surface area contributed by atoms with Gasteiger partial charge in [0, 0.05) is 22.7 Å². The van der Waals surface area contributed by atoms with Gasteiger partial charge in [-0.15, -0.1) is 0 Å². The molecule has 1 saturated heterocycles. The van der Waals surface area contributed by atoms with Gasteiger partial charge in [-0.2, -0.15) is 5.26 Å². The number of likely N-dealkylation sites (N-methyl/N-ethyl adjacent to an activating group) is 1. The van der Waals surface area contributed by atoms with Gasteiger partial charge in [0.15, 0.2) is 0 Å². The first-order chi connectivity index (χ1) is 8.17. The van der Waals surface area contributed by atoms with Crippen molar-refractivity contribution in [3.05, 3.63) is 28.2 Å². The Morgan fingerprint density at radius 2 is 2.29 bits per heavy atom. The number of benzene rings is 1. The topological polar surface area (TPSA) is 39.1 Å². The summed E-state index contributed by atoms with van der Waals surface area (Å²) in [5.74, 6) is 0. The summed E-state index contributed by atoms with van der Waals surface area (Å²) < 4.78 is 0.947. The van der Waals surface area contributed by atoms with Gasteiger partial charge in [0.2, 0.25) is 0 Å². The number of nitrogens with zero attached hydrogens (tertiary/aromatic N) is 2. The molecule has 1 aromatic carbocycles. The van der Waals surface area contributed by atoms with E-state index < -0.39 is 0 Å². The summed E-state index contributed by atoms with van der Waals surface area (Å²) in [6.07, 6.45) is 2.42. The number of likely N-dealkylation sites (tertiary alicyclic amines) is 1. The van der Waals surface area contributed by atoms with Crippen LogP contribution < -0.4 is 5.32 Å². The van der Waals surface area contributed by atoms with Crippen molar-refractivity contribution < 1.29 is 0 Å². The van der Waals surface area contributed by atoms with E-state index in [1.165, 1.54) is 19.4 Å². The smallest absolute Gasteiger partial charge is 0.0992 e. The van der Waals surface area contributed by atoms with Crippen molar-refractivity contribution in [3.8, 4) is 6.07 Å². The van der Waals surface area contributed by atoms with Gasteiger partial charge >= 0.3 is 0 Å². The van der Waals surface area contributed by atoms with Crippen molar-refractivity contribution >= 4 is 21.6 Å². The van der Waals surface area contributed by atoms with Crippen molar-refractivity contribution in [2.75, 3.05) is 25.5 Å². The van der Waals surface area contributed by atoms with E-state index in [2.05, 4.69) is 39.3 Å². The lowest BCUT2D eigenvalue weighted by atomic mass is 10.1. The quantitative estimate of drug-likeness (QED) is 0.911. The number of rotatable bonds is 2. The summed E-state index contributed by atoms with van der Waals surface area (Å²) in [5, 5.41) is 12.4. The maximum atomic E-state index is 8.93. The molecule has 90 valence electrons. The van der Waals surface area contributed by atoms with E-state index >= 15 is 0 Å². The van der Waals surface area contributed by atoms with Crippen LogP contribution in [0, 0.1) is 11.3 Å². The van der Waals surface area contributed by atoms with Crippen LogP contribution in [0.15, 0.2) is 22.7 Å². The molecule has 1 aliphatic heterocycles. The van der Waals surface area contributed by atoms with Gasteiger partial charge < -0.3 is 10.2 Å². The SMILES string of the molecule is CN1CCCC(Nc2cc(Br)cc(C#N)c2)C1. The summed E-state index contributed by atoms with van der Waals surface area (Å²) in [5.41, 5.74) is 1.71. The molecule has 1 heterocycles. The first-order valence-corrected chi connectivity index (χ1v) is 6.62. The highest BCUT2D eigenvalue weighted by atomic mass is 79.9. The molecule has 0 aromatic heterocycles. The summed E-state index contributed by atoms with van der Waals surface area (Å²) in [4.78, 5) is 2.34. The van der Waals surface area contributed by atoms with Crippen LogP contribution in [0.2, 0.25) is 0 Å². The Kier molecular flexibility index (Phi) is 4.03. The highest BCUT2D eigenvalue weighted by Gasteiger charge is 2.16. The molecule has 1 fully saturated rings. The Morgan fingerprint density at radius 3 is 3.00 bits per heavy atom. The monoisotopic (exact) mass is 293 g/mol. The van der Waals surface area contributed by atoms with E-state index in [4.69, 9.17) is 5.26 Å². The fraction of sp³-hybridized carbons (Fsp3) is 0.462. The Balaban J connectivity index is 2.07. The summed E-state index contributed by atoms with van der Waals surface area (Å²) in [7, 11) is 2.15. The number of nitrogens with one attached hydrogen (secondary N) is 1. The van der Waals surface area contributed by atoms with Crippen LogP contribution in [0.1, 0.15) is 18.4 Å². The van der Waals surface area contributed by atoms with E-state index in [0.717, 1.165) is 16.7 Å². The van der Waals surface area contributed by atoms with Crippen LogP contribution in [0.4, 0.5) is 5.69 Å². The lowest BCUT2D eigenvalue weighted by Gasteiger charge is -2.31. The van der Waals surface area contributed by atoms with Gasteiger partial charge in [0.1, 0.15) is 0 Å². The van der Waals surface area contributed by atoms with Crippen LogP contribution >= 0.6 is 15.9 Å². The van der Waals surface area contributed by atoms with Crippen molar-refractivity contribution in [1.29, 1.82) is 5.26 Å². The third-order valence-electron chi connectivity index (χ3n) is 3.02. The van der Waals surface area contributed by atoms with Crippen molar-refractivity contribution in [1.82, 2.24) is 4.90 Å². The van der Waals surface area contributed by atoms with Gasteiger partial charge in [-0.05, 0) is 44.6 Å². The zero-order chi connectivity index (χ0) is 12.3. The maximum Gasteiger partial charge on any atom is 0.0992 e. The molecule has 0 spiro atoms. The van der Waals surface area contributed by atoms with Crippen LogP contribution in [0.25, 0.3) is 0 Å². The first kappa shape index (κ1) is 12.4. The normalized spacial score (nSPS) is 20.9. The van der Waals surface area contributed by atoms with Gasteiger partial charge in [-0.3, -0.25) is 0 Å². The minimum Gasteiger partial charge on any atom is -0.381 e. The van der Waals surface area contributed by atoms with Crippen molar-refractivity contribution in [2.45, 2.75) is 18.9 Å². The standard InChI is InChI=1S/C13H16BrN3/c1-17-4-2-3-12(9-17)16-13-6-10(8-15)5-11(14)7-13/h5-7,12,16H,2-4,9H2,1H3. The minimum atomic E-state index is 0.481. The average Bonchev–Trinajstić information content (AvgIpc) is 2.28. The van der Waals surface area contributed by atoms with Gasteiger partial charge in [0.05, 0.1) is 11.6 Å². The molecule has 1 N–H and O–H groups in total. The number of hydrogen-bond acceptors (Lipinski definition) is 3. The highest BCUT2D eigenvalue weighted by molar-refractivity contribution is 9.10. The van der Waals surface area contributed by atoms with Gasteiger partial charge in [0.25, 0.3) is 0 Å². The third-order valence-corrected chi connectivity index (χ3v) is 3.48. The van der Waals surface area contributed by atoms with Crippen LogP contribution in [0.5, 0.6) is 0 Å². The summed E-state index contributed by atoms with van der Waals surface area (Å²) in [6.45, 7) is 2.24. The highest BCUT2D eigenvalue weighted by Crippen LogP contribution is 2.21. The molecule has 0 bridgehead atoms. The average molecular weight is 294 g/mol. The number of halogens is 1. The zero-order valence-corrected chi connectivity index (χ0v) is 11.5. The largest absolute Gasteiger partial charge is 0.381 e. The molecule has 0 radical (unpaired) electrons. The van der Waals surface area contributed by atoms with Crippen LogP contribution in [-0.2, 0) is 0 Å². The molecule has 0 aliphatic carbocycles. The van der Waals surface area contributed by atoms with E-state index in [1.807, 2.05) is 18.2 Å². The number of anilines is 1. The minimum absolute atomic E-state index is 0.481. The Bertz CT molecular complexity index is 439. The fourth-order valence-electron chi connectivity index (χ4n) is 2.26. The molecule has 1 aliphatic rings. The number of nitriles is 1. The second-order valence-corrected chi connectivity index (χ2v) is 5.50. The second-order valence-electron chi connectivity index (χ2n) is 4.59. The number of piperidine rings is 1. The van der Waals surface area contributed by atoms with E-state index in [1.54, 1.807) is 0 Å². The lowest BCUT2D eigenvalue weighted by Crippen LogP contribution is -2.39. The predicted octanol–water partition coefficient (Wildman–Crippen LogP) is 2.83. The molecule has 1 unspecified atom stereocenters. The molecule has 17 heavy (non-hydrogen) atoms. The summed E-state index contributed by atoms with van der Waals surface area (Å²) >= 11 is 3.43. The fourth-order valence-corrected chi connectivity index (χ4v) is 2.75. The maximum absolute atomic E-state index is 8.93. The lowest BCUT2D eigenvalue weighted by molar-refractivity contribution is 0.261. The van der Waals surface area contributed by atoms with Crippen molar-refractivity contribution in [2.24, 2.45) is 0 Å². The van der Waals surface area contributed by atoms with Gasteiger partial charge in [-0.25, -0.2) is 0 Å². The Hall–Kier alpha value is -1.05. The Morgan fingerprint density at radius 1 is 1.47 bits per heavy atom.